The summed E-state index contributed by atoms with van der Waals surface area (Å²) >= 11 is 0. The van der Waals surface area contributed by atoms with Crippen molar-refractivity contribution in [1.29, 1.82) is 0 Å². The number of nitrogens with zero attached hydrogens (tertiary/aromatic N) is 1. The Morgan fingerprint density at radius 3 is 2.58 bits per heavy atom. The molecular formula is C9H16N2O. The SMILES string of the molecule is CCCCc1[nH]n(C)c(=O)c1C. The van der Waals surface area contributed by atoms with Gasteiger partial charge in [-0.1, -0.05) is 13.3 Å². The van der Waals surface area contributed by atoms with Crippen LogP contribution in [0.1, 0.15) is 31.0 Å². The maximum atomic E-state index is 11.3. The standard InChI is InChI=1S/C9H16N2O/c1-4-5-6-8-7(2)9(12)11(3)10-8/h10H,4-6H2,1-3H3. The molecule has 0 atom stereocenters. The van der Waals surface area contributed by atoms with Crippen LogP contribution in [0.3, 0.4) is 0 Å². The average Bonchev–Trinajstić information content (AvgIpc) is 2.30. The van der Waals surface area contributed by atoms with Crippen molar-refractivity contribution in [3.8, 4) is 0 Å². The third-order valence-corrected chi connectivity index (χ3v) is 2.16. The Balaban J connectivity index is 2.86. The molecule has 1 aromatic heterocycles. The average molecular weight is 168 g/mol. The van der Waals surface area contributed by atoms with Crippen LogP contribution in [0, 0.1) is 6.92 Å². The summed E-state index contributed by atoms with van der Waals surface area (Å²) in [7, 11) is 1.75. The quantitative estimate of drug-likeness (QED) is 0.727. The van der Waals surface area contributed by atoms with Crippen LogP contribution in [0.2, 0.25) is 0 Å². The van der Waals surface area contributed by atoms with Gasteiger partial charge in [-0.05, 0) is 19.8 Å². The first kappa shape index (κ1) is 9.10. The van der Waals surface area contributed by atoms with Crippen molar-refractivity contribution in [2.24, 2.45) is 7.05 Å². The molecule has 0 bridgehead atoms. The van der Waals surface area contributed by atoms with Crippen LogP contribution in [0.5, 0.6) is 0 Å². The van der Waals surface area contributed by atoms with E-state index in [1.807, 2.05) is 6.92 Å². The maximum absolute atomic E-state index is 11.3. The molecule has 12 heavy (non-hydrogen) atoms. The molecule has 0 saturated carbocycles. The fourth-order valence-electron chi connectivity index (χ4n) is 1.31. The van der Waals surface area contributed by atoms with E-state index in [0.29, 0.717) is 0 Å². The molecule has 0 saturated heterocycles. The summed E-state index contributed by atoms with van der Waals surface area (Å²) in [4.78, 5) is 11.3. The topological polar surface area (TPSA) is 37.8 Å². The van der Waals surface area contributed by atoms with Crippen molar-refractivity contribution in [2.45, 2.75) is 33.1 Å². The molecule has 1 N–H and O–H groups in total. The van der Waals surface area contributed by atoms with Crippen LogP contribution >= 0.6 is 0 Å². The van der Waals surface area contributed by atoms with E-state index >= 15 is 0 Å². The summed E-state index contributed by atoms with van der Waals surface area (Å²) in [6, 6.07) is 0. The highest BCUT2D eigenvalue weighted by Gasteiger charge is 2.05. The molecule has 0 fully saturated rings. The smallest absolute Gasteiger partial charge is 0.269 e. The van der Waals surface area contributed by atoms with Crippen molar-refractivity contribution in [1.82, 2.24) is 9.78 Å². The van der Waals surface area contributed by atoms with E-state index < -0.39 is 0 Å². The number of unbranched alkanes of at least 4 members (excludes halogenated alkanes) is 1. The highest BCUT2D eigenvalue weighted by molar-refractivity contribution is 5.14. The number of hydrogen-bond acceptors (Lipinski definition) is 1. The lowest BCUT2D eigenvalue weighted by molar-refractivity contribution is 0.699. The lowest BCUT2D eigenvalue weighted by atomic mass is 10.1. The van der Waals surface area contributed by atoms with Crippen molar-refractivity contribution in [3.63, 3.8) is 0 Å². The monoisotopic (exact) mass is 168 g/mol. The summed E-state index contributed by atoms with van der Waals surface area (Å²) in [6.45, 7) is 4.03. The van der Waals surface area contributed by atoms with Gasteiger partial charge in [0.2, 0.25) is 0 Å². The zero-order valence-electron chi connectivity index (χ0n) is 7.98. The summed E-state index contributed by atoms with van der Waals surface area (Å²) < 4.78 is 1.54. The van der Waals surface area contributed by atoms with Gasteiger partial charge in [0.15, 0.2) is 0 Å². The predicted molar refractivity (Wildman–Crippen MR) is 49.4 cm³/mol. The lowest BCUT2D eigenvalue weighted by Gasteiger charge is -1.95. The highest BCUT2D eigenvalue weighted by atomic mass is 16.1. The molecule has 0 amide bonds. The van der Waals surface area contributed by atoms with Crippen LogP contribution in [-0.4, -0.2) is 9.78 Å². The fraction of sp³-hybridized carbons (Fsp3) is 0.667. The number of hydrogen-bond donors (Lipinski definition) is 1. The van der Waals surface area contributed by atoms with Gasteiger partial charge < -0.3 is 0 Å². The Kier molecular flexibility index (Phi) is 2.74. The summed E-state index contributed by atoms with van der Waals surface area (Å²) in [6.07, 6.45) is 3.29. The molecule has 0 spiro atoms. The number of nitrogens with one attached hydrogen (secondary N) is 1. The normalized spacial score (nSPS) is 10.6. The van der Waals surface area contributed by atoms with E-state index in [2.05, 4.69) is 12.0 Å². The van der Waals surface area contributed by atoms with Gasteiger partial charge >= 0.3 is 0 Å². The Morgan fingerprint density at radius 2 is 2.17 bits per heavy atom. The predicted octanol–water partition coefficient (Wildman–Crippen LogP) is 1.36. The van der Waals surface area contributed by atoms with Crippen LogP contribution in [0.15, 0.2) is 4.79 Å². The number of rotatable bonds is 3. The maximum Gasteiger partial charge on any atom is 0.269 e. The molecule has 68 valence electrons. The minimum Gasteiger partial charge on any atom is -0.300 e. The number of H-pyrrole nitrogens is 1. The first-order chi connectivity index (χ1) is 5.66. The Hall–Kier alpha value is -0.990. The second-order valence-electron chi connectivity index (χ2n) is 3.18. The van der Waals surface area contributed by atoms with Gasteiger partial charge in [-0.2, -0.15) is 0 Å². The van der Waals surface area contributed by atoms with Gasteiger partial charge in [-0.25, -0.2) is 0 Å². The largest absolute Gasteiger partial charge is 0.300 e. The number of aromatic nitrogens is 2. The summed E-state index contributed by atoms with van der Waals surface area (Å²) in [5.41, 5.74) is 2.05. The zero-order valence-corrected chi connectivity index (χ0v) is 7.98. The third-order valence-electron chi connectivity index (χ3n) is 2.16. The summed E-state index contributed by atoms with van der Waals surface area (Å²) in [5, 5.41) is 3.05. The minimum atomic E-state index is 0.0982. The lowest BCUT2D eigenvalue weighted by Crippen LogP contribution is -2.12. The molecular weight excluding hydrogens is 152 g/mol. The fourth-order valence-corrected chi connectivity index (χ4v) is 1.31. The Morgan fingerprint density at radius 1 is 1.50 bits per heavy atom. The van der Waals surface area contributed by atoms with Gasteiger partial charge in [-0.15, -0.1) is 0 Å². The van der Waals surface area contributed by atoms with E-state index in [4.69, 9.17) is 0 Å². The molecule has 0 radical (unpaired) electrons. The zero-order chi connectivity index (χ0) is 9.14. The molecule has 0 aromatic carbocycles. The summed E-state index contributed by atoms with van der Waals surface area (Å²) in [5.74, 6) is 0. The van der Waals surface area contributed by atoms with Crippen LogP contribution < -0.4 is 5.56 Å². The van der Waals surface area contributed by atoms with E-state index in [1.54, 1.807) is 11.7 Å². The van der Waals surface area contributed by atoms with Gasteiger partial charge in [0.05, 0.1) is 0 Å². The van der Waals surface area contributed by atoms with Crippen LogP contribution in [-0.2, 0) is 13.5 Å². The van der Waals surface area contributed by atoms with Gasteiger partial charge in [-0.3, -0.25) is 14.6 Å². The second-order valence-corrected chi connectivity index (χ2v) is 3.18. The van der Waals surface area contributed by atoms with Gasteiger partial charge in [0.1, 0.15) is 0 Å². The van der Waals surface area contributed by atoms with E-state index in [0.717, 1.165) is 30.5 Å². The first-order valence-corrected chi connectivity index (χ1v) is 4.41. The van der Waals surface area contributed by atoms with E-state index in [9.17, 15) is 4.79 Å². The molecule has 0 aliphatic heterocycles. The van der Waals surface area contributed by atoms with Crippen molar-refractivity contribution in [3.05, 3.63) is 21.6 Å². The molecule has 1 heterocycles. The third kappa shape index (κ3) is 1.60. The van der Waals surface area contributed by atoms with Crippen molar-refractivity contribution >= 4 is 0 Å². The molecule has 1 rings (SSSR count). The number of aryl methyl sites for hydroxylation is 2. The molecule has 0 unspecified atom stereocenters. The second kappa shape index (κ2) is 3.61. The van der Waals surface area contributed by atoms with E-state index in [-0.39, 0.29) is 5.56 Å². The molecule has 1 aromatic rings. The Bertz CT molecular complexity index is 309. The molecule has 0 aliphatic rings. The van der Waals surface area contributed by atoms with Gasteiger partial charge in [0.25, 0.3) is 5.56 Å². The molecule has 3 heteroatoms. The van der Waals surface area contributed by atoms with Crippen molar-refractivity contribution in [2.75, 3.05) is 0 Å². The van der Waals surface area contributed by atoms with E-state index in [1.165, 1.54) is 0 Å². The van der Waals surface area contributed by atoms with Crippen molar-refractivity contribution < 1.29 is 0 Å². The first-order valence-electron chi connectivity index (χ1n) is 4.41. The van der Waals surface area contributed by atoms with Gasteiger partial charge in [0, 0.05) is 18.3 Å². The highest BCUT2D eigenvalue weighted by Crippen LogP contribution is 2.03. The number of aromatic amines is 1. The molecule has 0 aliphatic carbocycles. The molecule has 3 nitrogen and oxygen atoms in total. The van der Waals surface area contributed by atoms with Crippen LogP contribution in [0.25, 0.3) is 0 Å². The Labute approximate surface area is 72.4 Å². The minimum absolute atomic E-state index is 0.0982. The van der Waals surface area contributed by atoms with Crippen LogP contribution in [0.4, 0.5) is 0 Å².